The zero-order valence-corrected chi connectivity index (χ0v) is 12.3. The Morgan fingerprint density at radius 2 is 1.50 bits per heavy atom. The van der Waals surface area contributed by atoms with Crippen LogP contribution in [0.15, 0.2) is 24.3 Å². The van der Waals surface area contributed by atoms with Crippen LogP contribution in [0.4, 0.5) is 11.4 Å². The summed E-state index contributed by atoms with van der Waals surface area (Å²) in [7, 11) is 0. The Balaban J connectivity index is 2.63. The van der Waals surface area contributed by atoms with Crippen molar-refractivity contribution in [2.24, 2.45) is 17.6 Å². The van der Waals surface area contributed by atoms with Gasteiger partial charge in [-0.3, -0.25) is 9.59 Å². The molecule has 1 rings (SSSR count). The molecule has 1 atom stereocenters. The summed E-state index contributed by atoms with van der Waals surface area (Å²) >= 11 is 0. The van der Waals surface area contributed by atoms with Gasteiger partial charge in [0.2, 0.25) is 11.8 Å². The average Bonchev–Trinajstić information content (AvgIpc) is 2.42. The molecule has 2 amide bonds. The molecule has 0 radical (unpaired) electrons. The molecule has 1 aromatic carbocycles. The van der Waals surface area contributed by atoms with Crippen molar-refractivity contribution in [1.29, 1.82) is 0 Å². The van der Waals surface area contributed by atoms with Gasteiger partial charge in [0.15, 0.2) is 0 Å². The van der Waals surface area contributed by atoms with E-state index in [2.05, 4.69) is 10.6 Å². The highest BCUT2D eigenvalue weighted by atomic mass is 16.2. The van der Waals surface area contributed by atoms with Crippen molar-refractivity contribution in [3.05, 3.63) is 24.3 Å². The van der Waals surface area contributed by atoms with E-state index in [1.807, 2.05) is 20.8 Å². The van der Waals surface area contributed by atoms with Crippen LogP contribution in [-0.4, -0.2) is 18.4 Å². The number of carbonyl (C=O) groups is 2. The molecule has 4 N–H and O–H groups in total. The lowest BCUT2D eigenvalue weighted by atomic mass is 10.1. The van der Waals surface area contributed by atoms with E-state index in [-0.39, 0.29) is 23.7 Å². The molecule has 0 saturated carbocycles. The molecule has 0 bridgehead atoms. The number of carbonyl (C=O) groups excluding carboxylic acids is 2. The van der Waals surface area contributed by atoms with Gasteiger partial charge in [-0.1, -0.05) is 20.8 Å². The SMILES string of the molecule is CCC(CN)C(=O)Nc1ccc(NC(=O)C(C)C)cc1. The number of nitrogens with two attached hydrogens (primary N) is 1. The van der Waals surface area contributed by atoms with Gasteiger partial charge in [-0.2, -0.15) is 0 Å². The van der Waals surface area contributed by atoms with Gasteiger partial charge < -0.3 is 16.4 Å². The number of amides is 2. The summed E-state index contributed by atoms with van der Waals surface area (Å²) in [5.41, 5.74) is 6.95. The molecule has 110 valence electrons. The zero-order chi connectivity index (χ0) is 15.1. The summed E-state index contributed by atoms with van der Waals surface area (Å²) in [6.45, 7) is 5.94. The third-order valence-electron chi connectivity index (χ3n) is 3.09. The number of hydrogen-bond acceptors (Lipinski definition) is 3. The molecule has 1 aromatic rings. The summed E-state index contributed by atoms with van der Waals surface area (Å²) in [6.07, 6.45) is 0.713. The van der Waals surface area contributed by atoms with Crippen molar-refractivity contribution >= 4 is 23.2 Å². The fourth-order valence-corrected chi connectivity index (χ4v) is 1.63. The summed E-state index contributed by atoms with van der Waals surface area (Å²) < 4.78 is 0. The second-order valence-electron chi connectivity index (χ2n) is 5.05. The van der Waals surface area contributed by atoms with Crippen molar-refractivity contribution in [3.8, 4) is 0 Å². The van der Waals surface area contributed by atoms with Gasteiger partial charge in [0.05, 0.1) is 5.92 Å². The van der Waals surface area contributed by atoms with Gasteiger partial charge in [-0.25, -0.2) is 0 Å². The second-order valence-corrected chi connectivity index (χ2v) is 5.05. The van der Waals surface area contributed by atoms with E-state index < -0.39 is 0 Å². The molecular formula is C15H23N3O2. The molecule has 0 aliphatic heterocycles. The molecule has 0 aromatic heterocycles. The predicted molar refractivity (Wildman–Crippen MR) is 81.4 cm³/mol. The fourth-order valence-electron chi connectivity index (χ4n) is 1.63. The molecule has 0 fully saturated rings. The monoisotopic (exact) mass is 277 g/mol. The van der Waals surface area contributed by atoms with Crippen LogP contribution in [0, 0.1) is 11.8 Å². The standard InChI is InChI=1S/C15H23N3O2/c1-4-11(9-16)15(20)18-13-7-5-12(6-8-13)17-14(19)10(2)3/h5-8,10-11H,4,9,16H2,1-3H3,(H,17,19)(H,18,20). The number of rotatable bonds is 6. The normalized spacial score (nSPS) is 12.1. The quantitative estimate of drug-likeness (QED) is 0.745. The van der Waals surface area contributed by atoms with Gasteiger partial charge >= 0.3 is 0 Å². The lowest BCUT2D eigenvalue weighted by Crippen LogP contribution is -2.28. The van der Waals surface area contributed by atoms with Gasteiger partial charge in [0, 0.05) is 23.8 Å². The molecule has 0 aliphatic rings. The van der Waals surface area contributed by atoms with E-state index in [0.29, 0.717) is 24.3 Å². The fraction of sp³-hybridized carbons (Fsp3) is 0.467. The first-order valence-corrected chi connectivity index (χ1v) is 6.89. The number of benzene rings is 1. The van der Waals surface area contributed by atoms with E-state index in [4.69, 9.17) is 5.73 Å². The van der Waals surface area contributed by atoms with Gasteiger partial charge in [-0.05, 0) is 30.7 Å². The molecule has 0 heterocycles. The van der Waals surface area contributed by atoms with E-state index in [0.717, 1.165) is 0 Å². The molecule has 5 heteroatoms. The van der Waals surface area contributed by atoms with Crippen LogP contribution in [0.1, 0.15) is 27.2 Å². The van der Waals surface area contributed by atoms with E-state index in [9.17, 15) is 9.59 Å². The average molecular weight is 277 g/mol. The van der Waals surface area contributed by atoms with Crippen LogP contribution in [0.2, 0.25) is 0 Å². The van der Waals surface area contributed by atoms with Crippen molar-refractivity contribution in [2.75, 3.05) is 17.2 Å². The Kier molecular flexibility index (Phi) is 6.18. The highest BCUT2D eigenvalue weighted by molar-refractivity contribution is 5.94. The number of anilines is 2. The Bertz CT molecular complexity index is 451. The van der Waals surface area contributed by atoms with Crippen LogP contribution in [-0.2, 0) is 9.59 Å². The molecule has 5 nitrogen and oxygen atoms in total. The Hall–Kier alpha value is -1.88. The Labute approximate surface area is 119 Å². The third-order valence-corrected chi connectivity index (χ3v) is 3.09. The Morgan fingerprint density at radius 3 is 1.85 bits per heavy atom. The van der Waals surface area contributed by atoms with Crippen LogP contribution in [0.3, 0.4) is 0 Å². The second kappa shape index (κ2) is 7.65. The number of nitrogens with one attached hydrogen (secondary N) is 2. The summed E-state index contributed by atoms with van der Waals surface area (Å²) in [5, 5.41) is 5.61. The first-order valence-electron chi connectivity index (χ1n) is 6.89. The summed E-state index contributed by atoms with van der Waals surface area (Å²) in [6, 6.07) is 7.05. The predicted octanol–water partition coefficient (Wildman–Crippen LogP) is 2.20. The minimum Gasteiger partial charge on any atom is -0.330 e. The molecule has 0 spiro atoms. The lowest BCUT2D eigenvalue weighted by Gasteiger charge is -2.13. The van der Waals surface area contributed by atoms with Crippen LogP contribution in [0.25, 0.3) is 0 Å². The molecular weight excluding hydrogens is 254 g/mol. The highest BCUT2D eigenvalue weighted by Gasteiger charge is 2.14. The van der Waals surface area contributed by atoms with Gasteiger partial charge in [-0.15, -0.1) is 0 Å². The maximum absolute atomic E-state index is 11.9. The van der Waals surface area contributed by atoms with E-state index in [1.165, 1.54) is 0 Å². The minimum absolute atomic E-state index is 0.0315. The smallest absolute Gasteiger partial charge is 0.228 e. The lowest BCUT2D eigenvalue weighted by molar-refractivity contribution is -0.120. The molecule has 1 unspecified atom stereocenters. The van der Waals surface area contributed by atoms with Crippen molar-refractivity contribution in [2.45, 2.75) is 27.2 Å². The number of hydrogen-bond donors (Lipinski definition) is 3. The zero-order valence-electron chi connectivity index (χ0n) is 12.3. The first-order chi connectivity index (χ1) is 9.47. The summed E-state index contributed by atoms with van der Waals surface area (Å²) in [4.78, 5) is 23.4. The van der Waals surface area contributed by atoms with Crippen LogP contribution < -0.4 is 16.4 Å². The van der Waals surface area contributed by atoms with Crippen molar-refractivity contribution in [1.82, 2.24) is 0 Å². The van der Waals surface area contributed by atoms with Crippen LogP contribution in [0.5, 0.6) is 0 Å². The van der Waals surface area contributed by atoms with E-state index >= 15 is 0 Å². The van der Waals surface area contributed by atoms with E-state index in [1.54, 1.807) is 24.3 Å². The molecule has 0 saturated heterocycles. The topological polar surface area (TPSA) is 84.2 Å². The molecule has 0 aliphatic carbocycles. The third kappa shape index (κ3) is 4.66. The van der Waals surface area contributed by atoms with Crippen molar-refractivity contribution in [3.63, 3.8) is 0 Å². The van der Waals surface area contributed by atoms with Gasteiger partial charge in [0.1, 0.15) is 0 Å². The van der Waals surface area contributed by atoms with Crippen LogP contribution >= 0.6 is 0 Å². The minimum atomic E-state index is -0.171. The summed E-state index contributed by atoms with van der Waals surface area (Å²) in [5.74, 6) is -0.343. The van der Waals surface area contributed by atoms with Crippen molar-refractivity contribution < 1.29 is 9.59 Å². The first kappa shape index (κ1) is 16.2. The molecule has 20 heavy (non-hydrogen) atoms. The maximum atomic E-state index is 11.9. The largest absolute Gasteiger partial charge is 0.330 e. The Morgan fingerprint density at radius 1 is 1.05 bits per heavy atom. The van der Waals surface area contributed by atoms with Gasteiger partial charge in [0.25, 0.3) is 0 Å². The highest BCUT2D eigenvalue weighted by Crippen LogP contribution is 2.15. The maximum Gasteiger partial charge on any atom is 0.228 e.